The van der Waals surface area contributed by atoms with Crippen LogP contribution < -0.4 is 10.2 Å². The smallest absolute Gasteiger partial charge is 0.194 e. The first-order chi connectivity index (χ1) is 13.7. The molecule has 1 aliphatic heterocycles. The van der Waals surface area contributed by atoms with Gasteiger partial charge in [-0.2, -0.15) is 0 Å². The first-order valence-corrected chi connectivity index (χ1v) is 9.90. The lowest BCUT2D eigenvalue weighted by Gasteiger charge is -2.37. The fraction of sp³-hybridized carbons (Fsp3) is 0.333. The van der Waals surface area contributed by atoms with Gasteiger partial charge in [0.25, 0.3) is 0 Å². The van der Waals surface area contributed by atoms with Gasteiger partial charge in [0.2, 0.25) is 0 Å². The van der Waals surface area contributed by atoms with Crippen molar-refractivity contribution in [3.05, 3.63) is 59.4 Å². The number of hydrogen-bond acceptors (Lipinski definition) is 3. The van der Waals surface area contributed by atoms with Crippen LogP contribution in [0.2, 0.25) is 5.02 Å². The van der Waals surface area contributed by atoms with Crippen LogP contribution in [-0.2, 0) is 13.6 Å². The molecule has 2 aromatic carbocycles. The Bertz CT molecular complexity index is 987. The van der Waals surface area contributed by atoms with Crippen LogP contribution in [0.1, 0.15) is 5.82 Å². The summed E-state index contributed by atoms with van der Waals surface area (Å²) in [6.45, 7) is 4.34. The van der Waals surface area contributed by atoms with Crippen molar-refractivity contribution in [1.82, 2.24) is 19.8 Å². The number of hydrogen-bond donors (Lipinski definition) is 1. The minimum atomic E-state index is 0.645. The highest BCUT2D eigenvalue weighted by atomic mass is 35.5. The highest BCUT2D eigenvalue weighted by Crippen LogP contribution is 2.21. The summed E-state index contributed by atoms with van der Waals surface area (Å²) in [5.41, 5.74) is 3.34. The van der Waals surface area contributed by atoms with Gasteiger partial charge >= 0.3 is 0 Å². The van der Waals surface area contributed by atoms with Gasteiger partial charge in [0, 0.05) is 51.0 Å². The molecule has 0 aliphatic carbocycles. The Kier molecular flexibility index (Phi) is 5.39. The topological polar surface area (TPSA) is 48.7 Å². The zero-order chi connectivity index (χ0) is 19.5. The molecule has 3 aromatic rings. The monoisotopic (exact) mass is 396 g/mol. The van der Waals surface area contributed by atoms with Crippen molar-refractivity contribution in [3.8, 4) is 0 Å². The molecule has 1 aromatic heterocycles. The molecular weight excluding hydrogens is 372 g/mol. The van der Waals surface area contributed by atoms with Crippen LogP contribution in [0.5, 0.6) is 0 Å². The third kappa shape index (κ3) is 3.78. The highest BCUT2D eigenvalue weighted by molar-refractivity contribution is 6.30. The minimum Gasteiger partial charge on any atom is -0.368 e. The molecule has 0 saturated carbocycles. The van der Waals surface area contributed by atoms with Crippen molar-refractivity contribution in [2.75, 3.05) is 38.1 Å². The number of aliphatic imine (C=N–C) groups is 1. The van der Waals surface area contributed by atoms with Crippen LogP contribution in [0.3, 0.4) is 0 Å². The number of anilines is 1. The molecule has 0 bridgehead atoms. The number of fused-ring (bicyclic) bond motifs is 1. The Morgan fingerprint density at radius 3 is 2.61 bits per heavy atom. The van der Waals surface area contributed by atoms with E-state index < -0.39 is 0 Å². The van der Waals surface area contributed by atoms with Gasteiger partial charge < -0.3 is 19.7 Å². The lowest BCUT2D eigenvalue weighted by molar-refractivity contribution is 0.372. The third-order valence-corrected chi connectivity index (χ3v) is 5.48. The van der Waals surface area contributed by atoms with Crippen LogP contribution in [-0.4, -0.2) is 53.6 Å². The first-order valence-electron chi connectivity index (χ1n) is 9.52. The lowest BCUT2D eigenvalue weighted by atomic mass is 10.2. The normalized spacial score (nSPS) is 15.3. The fourth-order valence-electron chi connectivity index (χ4n) is 3.69. The molecule has 4 rings (SSSR count). The number of aromatic nitrogens is 2. The van der Waals surface area contributed by atoms with Crippen molar-refractivity contribution in [2.24, 2.45) is 12.0 Å². The number of guanidine groups is 1. The molecule has 1 fully saturated rings. The molecule has 1 N–H and O–H groups in total. The Labute approximate surface area is 170 Å². The SMILES string of the molecule is CN=C(NCc1nc2ccccc2n1C)N1CCN(c2cccc(Cl)c2)CC1. The molecule has 1 aliphatic rings. The first kappa shape index (κ1) is 18.6. The van der Waals surface area contributed by atoms with E-state index in [2.05, 4.69) is 43.9 Å². The molecule has 2 heterocycles. The molecule has 6 nitrogen and oxygen atoms in total. The molecule has 146 valence electrons. The van der Waals surface area contributed by atoms with Crippen molar-refractivity contribution in [2.45, 2.75) is 6.54 Å². The zero-order valence-electron chi connectivity index (χ0n) is 16.3. The van der Waals surface area contributed by atoms with Crippen molar-refractivity contribution in [3.63, 3.8) is 0 Å². The van der Waals surface area contributed by atoms with Crippen LogP contribution in [0.4, 0.5) is 5.69 Å². The van der Waals surface area contributed by atoms with Crippen LogP contribution in [0.15, 0.2) is 53.5 Å². The number of benzene rings is 2. The summed E-state index contributed by atoms with van der Waals surface area (Å²) < 4.78 is 2.13. The average Bonchev–Trinajstić information content (AvgIpc) is 3.05. The predicted octanol–water partition coefficient (Wildman–Crippen LogP) is 3.12. The Morgan fingerprint density at radius 1 is 1.11 bits per heavy atom. The summed E-state index contributed by atoms with van der Waals surface area (Å²) >= 11 is 6.13. The quantitative estimate of drug-likeness (QED) is 0.546. The number of piperazine rings is 1. The Hall–Kier alpha value is -2.73. The van der Waals surface area contributed by atoms with E-state index in [0.717, 1.165) is 54.0 Å². The second-order valence-electron chi connectivity index (χ2n) is 6.93. The van der Waals surface area contributed by atoms with Crippen molar-refractivity contribution < 1.29 is 0 Å². The maximum absolute atomic E-state index is 6.13. The maximum Gasteiger partial charge on any atom is 0.194 e. The van der Waals surface area contributed by atoms with E-state index in [1.165, 1.54) is 5.69 Å². The number of aryl methyl sites for hydroxylation is 1. The summed E-state index contributed by atoms with van der Waals surface area (Å²) in [7, 11) is 3.89. The van der Waals surface area contributed by atoms with Gasteiger partial charge in [-0.05, 0) is 30.3 Å². The number of nitrogens with zero attached hydrogens (tertiary/aromatic N) is 5. The fourth-order valence-corrected chi connectivity index (χ4v) is 3.88. The van der Waals surface area contributed by atoms with E-state index in [1.54, 1.807) is 0 Å². The average molecular weight is 397 g/mol. The molecule has 0 atom stereocenters. The molecule has 0 unspecified atom stereocenters. The molecule has 28 heavy (non-hydrogen) atoms. The molecular formula is C21H25ClN6. The number of para-hydroxylation sites is 2. The van der Waals surface area contributed by atoms with Crippen LogP contribution in [0.25, 0.3) is 11.0 Å². The molecule has 7 heteroatoms. The van der Waals surface area contributed by atoms with Crippen LogP contribution >= 0.6 is 11.6 Å². The number of nitrogens with one attached hydrogen (secondary N) is 1. The van der Waals surface area contributed by atoms with E-state index in [0.29, 0.717) is 6.54 Å². The standard InChI is InChI=1S/C21H25ClN6/c1-23-21(24-15-20-25-18-8-3-4-9-19(18)26(20)2)28-12-10-27(11-13-28)17-7-5-6-16(22)14-17/h3-9,14H,10-13,15H2,1-2H3,(H,23,24). The van der Waals surface area contributed by atoms with E-state index in [-0.39, 0.29) is 0 Å². The summed E-state index contributed by atoms with van der Waals surface area (Å²) in [6.07, 6.45) is 0. The maximum atomic E-state index is 6.13. The van der Waals surface area contributed by atoms with Gasteiger partial charge in [0.15, 0.2) is 5.96 Å². The summed E-state index contributed by atoms with van der Waals surface area (Å²) in [4.78, 5) is 13.9. The van der Waals surface area contributed by atoms with Gasteiger partial charge in [0.05, 0.1) is 17.6 Å². The van der Waals surface area contributed by atoms with E-state index >= 15 is 0 Å². The van der Waals surface area contributed by atoms with Crippen LogP contribution in [0, 0.1) is 0 Å². The minimum absolute atomic E-state index is 0.645. The predicted molar refractivity (Wildman–Crippen MR) is 116 cm³/mol. The molecule has 0 radical (unpaired) electrons. The van der Waals surface area contributed by atoms with Gasteiger partial charge in [0.1, 0.15) is 5.82 Å². The van der Waals surface area contributed by atoms with Crippen molar-refractivity contribution >= 4 is 34.3 Å². The molecule has 0 amide bonds. The summed E-state index contributed by atoms with van der Waals surface area (Å²) in [5, 5.41) is 4.25. The zero-order valence-corrected chi connectivity index (χ0v) is 17.0. The summed E-state index contributed by atoms with van der Waals surface area (Å²) in [6, 6.07) is 16.2. The van der Waals surface area contributed by atoms with E-state index in [1.807, 2.05) is 43.4 Å². The molecule has 0 spiro atoms. The van der Waals surface area contributed by atoms with Gasteiger partial charge in [-0.25, -0.2) is 4.98 Å². The second kappa shape index (κ2) is 8.10. The Morgan fingerprint density at radius 2 is 1.89 bits per heavy atom. The number of imidazole rings is 1. The van der Waals surface area contributed by atoms with Gasteiger partial charge in [-0.1, -0.05) is 29.8 Å². The van der Waals surface area contributed by atoms with Gasteiger partial charge in [-0.15, -0.1) is 0 Å². The Balaban J connectivity index is 1.38. The van der Waals surface area contributed by atoms with Crippen molar-refractivity contribution in [1.29, 1.82) is 0 Å². The lowest BCUT2D eigenvalue weighted by Crippen LogP contribution is -2.52. The highest BCUT2D eigenvalue weighted by Gasteiger charge is 2.20. The van der Waals surface area contributed by atoms with E-state index in [9.17, 15) is 0 Å². The summed E-state index contributed by atoms with van der Waals surface area (Å²) in [5.74, 6) is 1.91. The largest absolute Gasteiger partial charge is 0.368 e. The van der Waals surface area contributed by atoms with E-state index in [4.69, 9.17) is 16.6 Å². The number of halogens is 1. The third-order valence-electron chi connectivity index (χ3n) is 5.25. The number of rotatable bonds is 3. The second-order valence-corrected chi connectivity index (χ2v) is 7.37. The molecule has 1 saturated heterocycles. The van der Waals surface area contributed by atoms with Gasteiger partial charge in [-0.3, -0.25) is 4.99 Å².